The Kier molecular flexibility index (Phi) is 4.74. The van der Waals surface area contributed by atoms with Crippen LogP contribution in [-0.2, 0) is 0 Å². The summed E-state index contributed by atoms with van der Waals surface area (Å²) in [6.45, 7) is 1.65. The van der Waals surface area contributed by atoms with Crippen LogP contribution >= 0.6 is 23.3 Å². The molecule has 1 aliphatic rings. The fourth-order valence-corrected chi connectivity index (χ4v) is 3.41. The first-order valence-corrected chi connectivity index (χ1v) is 8.85. The number of nitrogens with one attached hydrogen (secondary N) is 2. The highest BCUT2D eigenvalue weighted by Gasteiger charge is 2.24. The maximum atomic E-state index is 12.0. The van der Waals surface area contributed by atoms with E-state index in [1.807, 2.05) is 24.5 Å². The van der Waals surface area contributed by atoms with Gasteiger partial charge in [-0.1, -0.05) is 17.8 Å². The average Bonchev–Trinajstić information content (AvgIpc) is 3.17. The molecule has 0 spiro atoms. The van der Waals surface area contributed by atoms with Gasteiger partial charge in [-0.2, -0.15) is 9.36 Å². The van der Waals surface area contributed by atoms with E-state index in [2.05, 4.69) is 29.9 Å². The van der Waals surface area contributed by atoms with Crippen molar-refractivity contribution in [3.05, 3.63) is 24.4 Å². The van der Waals surface area contributed by atoms with E-state index in [1.54, 1.807) is 6.20 Å². The van der Waals surface area contributed by atoms with E-state index in [9.17, 15) is 4.79 Å². The van der Waals surface area contributed by atoms with Crippen molar-refractivity contribution in [2.45, 2.75) is 17.6 Å². The fourth-order valence-electron chi connectivity index (χ4n) is 2.29. The zero-order chi connectivity index (χ0) is 15.4. The van der Waals surface area contributed by atoms with Crippen LogP contribution < -0.4 is 15.5 Å². The van der Waals surface area contributed by atoms with E-state index in [0.717, 1.165) is 25.3 Å². The Bertz CT molecular complexity index is 634. The number of hydrogen-bond acceptors (Lipinski definition) is 7. The molecule has 1 fully saturated rings. The number of nitrogens with zero attached hydrogens (tertiary/aromatic N) is 4. The summed E-state index contributed by atoms with van der Waals surface area (Å²) in [4.78, 5) is 22.7. The summed E-state index contributed by atoms with van der Waals surface area (Å²) < 4.78 is 4.11. The molecule has 0 unspecified atom stereocenters. The first-order chi connectivity index (χ1) is 10.7. The molecule has 2 amide bonds. The molecule has 0 aliphatic carbocycles. The van der Waals surface area contributed by atoms with Crippen LogP contribution in [0.4, 0.5) is 15.7 Å². The van der Waals surface area contributed by atoms with Gasteiger partial charge in [0.1, 0.15) is 5.82 Å². The minimum absolute atomic E-state index is 0.106. The standard InChI is InChI=1S/C13H16N6OS2/c1-21-13-17-12(22-18-13)16-11(20)15-9-5-7-19(8-9)10-4-2-3-6-14-10/h2-4,6,9H,5,7-8H2,1H3,(H2,15,16,17,18,20)/t9-/m1/s1. The Morgan fingerprint density at radius 3 is 3.14 bits per heavy atom. The molecule has 1 aliphatic heterocycles. The van der Waals surface area contributed by atoms with Crippen molar-refractivity contribution in [2.24, 2.45) is 0 Å². The zero-order valence-electron chi connectivity index (χ0n) is 12.0. The lowest BCUT2D eigenvalue weighted by molar-refractivity contribution is 0.249. The van der Waals surface area contributed by atoms with Gasteiger partial charge in [-0.25, -0.2) is 9.78 Å². The third kappa shape index (κ3) is 3.66. The SMILES string of the molecule is CSc1nsc(NC(=O)N[C@@H]2CCN(c3ccccn3)C2)n1. The summed E-state index contributed by atoms with van der Waals surface area (Å²) in [5.74, 6) is 0.945. The molecule has 0 bridgehead atoms. The van der Waals surface area contributed by atoms with Crippen molar-refractivity contribution in [2.75, 3.05) is 29.6 Å². The quantitative estimate of drug-likeness (QED) is 0.832. The highest BCUT2D eigenvalue weighted by molar-refractivity contribution is 7.98. The van der Waals surface area contributed by atoms with Crippen LogP contribution in [0.25, 0.3) is 0 Å². The van der Waals surface area contributed by atoms with E-state index < -0.39 is 0 Å². The molecular weight excluding hydrogens is 320 g/mol. The summed E-state index contributed by atoms with van der Waals surface area (Å²) in [5, 5.41) is 6.88. The minimum Gasteiger partial charge on any atom is -0.354 e. The van der Waals surface area contributed by atoms with Crippen molar-refractivity contribution < 1.29 is 4.79 Å². The van der Waals surface area contributed by atoms with Gasteiger partial charge >= 0.3 is 6.03 Å². The highest BCUT2D eigenvalue weighted by Crippen LogP contribution is 2.19. The highest BCUT2D eigenvalue weighted by atomic mass is 32.2. The van der Waals surface area contributed by atoms with Crippen molar-refractivity contribution in [3.63, 3.8) is 0 Å². The number of rotatable bonds is 4. The second kappa shape index (κ2) is 6.93. The molecule has 22 heavy (non-hydrogen) atoms. The predicted molar refractivity (Wildman–Crippen MR) is 88.7 cm³/mol. The van der Waals surface area contributed by atoms with Crippen LogP contribution in [0.15, 0.2) is 29.6 Å². The van der Waals surface area contributed by atoms with Gasteiger partial charge in [0, 0.05) is 36.9 Å². The van der Waals surface area contributed by atoms with Gasteiger partial charge in [0.05, 0.1) is 0 Å². The third-order valence-electron chi connectivity index (χ3n) is 3.31. The molecule has 2 aromatic heterocycles. The van der Waals surface area contributed by atoms with Gasteiger partial charge < -0.3 is 10.2 Å². The maximum absolute atomic E-state index is 12.0. The number of amides is 2. The Labute approximate surface area is 136 Å². The van der Waals surface area contributed by atoms with Crippen LogP contribution in [0.3, 0.4) is 0 Å². The van der Waals surface area contributed by atoms with Crippen molar-refractivity contribution >= 4 is 40.3 Å². The first kappa shape index (κ1) is 15.0. The van der Waals surface area contributed by atoms with E-state index in [0.29, 0.717) is 10.3 Å². The maximum Gasteiger partial charge on any atom is 0.321 e. The lowest BCUT2D eigenvalue weighted by Gasteiger charge is -2.17. The van der Waals surface area contributed by atoms with Crippen LogP contribution in [0.5, 0.6) is 0 Å². The van der Waals surface area contributed by atoms with E-state index >= 15 is 0 Å². The van der Waals surface area contributed by atoms with Crippen LogP contribution in [0.1, 0.15) is 6.42 Å². The number of thioether (sulfide) groups is 1. The summed E-state index contributed by atoms with van der Waals surface area (Å²) in [7, 11) is 0. The Morgan fingerprint density at radius 1 is 1.50 bits per heavy atom. The molecule has 2 N–H and O–H groups in total. The monoisotopic (exact) mass is 336 g/mol. The zero-order valence-corrected chi connectivity index (χ0v) is 13.7. The Hall–Kier alpha value is -1.87. The molecule has 0 aromatic carbocycles. The number of urea groups is 1. The van der Waals surface area contributed by atoms with E-state index in [-0.39, 0.29) is 12.1 Å². The number of carbonyl (C=O) groups is 1. The molecule has 3 rings (SSSR count). The predicted octanol–water partition coefficient (Wildman–Crippen LogP) is 2.06. The van der Waals surface area contributed by atoms with Crippen molar-refractivity contribution in [1.82, 2.24) is 19.7 Å². The first-order valence-electron chi connectivity index (χ1n) is 6.86. The smallest absolute Gasteiger partial charge is 0.321 e. The second-order valence-corrected chi connectivity index (χ2v) is 6.33. The van der Waals surface area contributed by atoms with Crippen LogP contribution in [0.2, 0.25) is 0 Å². The molecule has 0 saturated carbocycles. The normalized spacial score (nSPS) is 17.5. The molecule has 1 saturated heterocycles. The molecule has 1 atom stereocenters. The lowest BCUT2D eigenvalue weighted by atomic mass is 10.3. The number of aromatic nitrogens is 3. The third-order valence-corrected chi connectivity index (χ3v) is 4.60. The summed E-state index contributed by atoms with van der Waals surface area (Å²) in [6.07, 6.45) is 4.58. The molecular formula is C13H16N6OS2. The summed E-state index contributed by atoms with van der Waals surface area (Å²) in [5.41, 5.74) is 0. The Morgan fingerprint density at radius 2 is 2.41 bits per heavy atom. The van der Waals surface area contributed by atoms with E-state index in [1.165, 1.54) is 23.3 Å². The average molecular weight is 336 g/mol. The molecule has 0 radical (unpaired) electrons. The lowest BCUT2D eigenvalue weighted by Crippen LogP contribution is -2.39. The van der Waals surface area contributed by atoms with Gasteiger partial charge in [-0.05, 0) is 24.8 Å². The topological polar surface area (TPSA) is 83.0 Å². The number of anilines is 2. The van der Waals surface area contributed by atoms with Gasteiger partial charge in [0.15, 0.2) is 0 Å². The summed E-state index contributed by atoms with van der Waals surface area (Å²) in [6, 6.07) is 5.71. The number of carbonyl (C=O) groups excluding carboxylic acids is 1. The Balaban J connectivity index is 1.50. The van der Waals surface area contributed by atoms with Gasteiger partial charge in [-0.3, -0.25) is 5.32 Å². The number of hydrogen-bond donors (Lipinski definition) is 2. The van der Waals surface area contributed by atoms with Gasteiger partial charge in [0.2, 0.25) is 10.3 Å². The van der Waals surface area contributed by atoms with Crippen molar-refractivity contribution in [3.8, 4) is 0 Å². The second-order valence-electron chi connectivity index (χ2n) is 4.80. The van der Waals surface area contributed by atoms with E-state index in [4.69, 9.17) is 0 Å². The van der Waals surface area contributed by atoms with Crippen molar-refractivity contribution in [1.29, 1.82) is 0 Å². The van der Waals surface area contributed by atoms with Crippen LogP contribution in [-0.4, -0.2) is 45.8 Å². The molecule has 9 heteroatoms. The van der Waals surface area contributed by atoms with Gasteiger partial charge in [-0.15, -0.1) is 0 Å². The fraction of sp³-hybridized carbons (Fsp3) is 0.385. The molecule has 7 nitrogen and oxygen atoms in total. The van der Waals surface area contributed by atoms with Gasteiger partial charge in [0.25, 0.3) is 0 Å². The van der Waals surface area contributed by atoms with Crippen LogP contribution in [0, 0.1) is 0 Å². The summed E-state index contributed by atoms with van der Waals surface area (Å²) >= 11 is 2.63. The molecule has 3 heterocycles. The minimum atomic E-state index is -0.239. The number of pyridine rings is 1. The largest absolute Gasteiger partial charge is 0.354 e. The molecule has 116 valence electrons. The molecule has 2 aromatic rings.